The summed E-state index contributed by atoms with van der Waals surface area (Å²) in [5.41, 5.74) is 0.813. The van der Waals surface area contributed by atoms with E-state index in [2.05, 4.69) is 25.3 Å². The van der Waals surface area contributed by atoms with E-state index >= 15 is 0 Å². The monoisotopic (exact) mass is 394 g/mol. The molecule has 0 aliphatic heterocycles. The van der Waals surface area contributed by atoms with E-state index < -0.39 is 5.97 Å². The number of hydrogen-bond donors (Lipinski definition) is 3. The Morgan fingerprint density at radius 3 is 2.74 bits per heavy atom. The molecule has 3 N–H and O–H groups in total. The third kappa shape index (κ3) is 5.78. The third-order valence-electron chi connectivity index (χ3n) is 3.29. The van der Waals surface area contributed by atoms with Crippen LogP contribution >= 0.6 is 11.8 Å². The van der Waals surface area contributed by atoms with Crippen LogP contribution in [0.2, 0.25) is 0 Å². The fourth-order valence-electron chi connectivity index (χ4n) is 2.06. The lowest BCUT2D eigenvalue weighted by Crippen LogP contribution is -2.27. The van der Waals surface area contributed by atoms with Crippen LogP contribution < -0.4 is 5.32 Å². The number of carboxylic acids is 1. The van der Waals surface area contributed by atoms with Gasteiger partial charge in [0.1, 0.15) is 0 Å². The molecular weight excluding hydrogens is 374 g/mol. The SMILES string of the molecule is CO[N+](=O)c1cc(C(=O)NCC(C)C)cc(-c2nc(SCC(=O)O)n[nH]2)c1. The number of thioether (sulfide) groups is 1. The smallest absolute Gasteiger partial charge is 0.318 e. The van der Waals surface area contributed by atoms with E-state index in [-0.39, 0.29) is 38.9 Å². The summed E-state index contributed by atoms with van der Waals surface area (Å²) in [6, 6.07) is 4.46. The first-order valence-corrected chi connectivity index (χ1v) is 9.00. The number of carbonyl (C=O) groups is 2. The molecule has 0 saturated heterocycles. The Labute approximate surface area is 159 Å². The lowest BCUT2D eigenvalue weighted by atomic mass is 10.1. The molecule has 2 aromatic rings. The van der Waals surface area contributed by atoms with Gasteiger partial charge in [-0.25, -0.2) is 9.82 Å². The molecule has 1 aromatic heterocycles. The first kappa shape index (κ1) is 20.4. The highest BCUT2D eigenvalue weighted by Crippen LogP contribution is 2.25. The van der Waals surface area contributed by atoms with Crippen molar-refractivity contribution in [2.75, 3.05) is 19.4 Å². The van der Waals surface area contributed by atoms with Crippen molar-refractivity contribution < 1.29 is 24.5 Å². The molecule has 11 heteroatoms. The van der Waals surface area contributed by atoms with Gasteiger partial charge in [0.15, 0.2) is 12.9 Å². The number of nitrogens with one attached hydrogen (secondary N) is 2. The van der Waals surface area contributed by atoms with Crippen LogP contribution in [0.3, 0.4) is 0 Å². The summed E-state index contributed by atoms with van der Waals surface area (Å²) in [4.78, 5) is 44.0. The molecule has 0 spiro atoms. The van der Waals surface area contributed by atoms with Crippen LogP contribution in [-0.2, 0) is 9.63 Å². The highest BCUT2D eigenvalue weighted by molar-refractivity contribution is 7.99. The van der Waals surface area contributed by atoms with Crippen molar-refractivity contribution in [3.05, 3.63) is 28.7 Å². The van der Waals surface area contributed by atoms with Crippen molar-refractivity contribution in [3.8, 4) is 11.4 Å². The van der Waals surface area contributed by atoms with Crippen molar-refractivity contribution in [1.82, 2.24) is 20.5 Å². The van der Waals surface area contributed by atoms with Crippen LogP contribution in [0.4, 0.5) is 5.69 Å². The Morgan fingerprint density at radius 1 is 1.37 bits per heavy atom. The van der Waals surface area contributed by atoms with Crippen LogP contribution in [0.1, 0.15) is 24.2 Å². The number of rotatable bonds is 9. The summed E-state index contributed by atoms with van der Waals surface area (Å²) in [5, 5.41) is 18.4. The number of amides is 1. The molecule has 1 heterocycles. The Balaban J connectivity index is 2.34. The van der Waals surface area contributed by atoms with Gasteiger partial charge in [-0.3, -0.25) is 14.7 Å². The molecule has 1 aromatic carbocycles. The molecule has 0 saturated carbocycles. The Morgan fingerprint density at radius 2 is 2.11 bits per heavy atom. The van der Waals surface area contributed by atoms with Gasteiger partial charge < -0.3 is 10.4 Å². The summed E-state index contributed by atoms with van der Waals surface area (Å²) < 4.78 is 0. The minimum Gasteiger partial charge on any atom is -0.481 e. The molecule has 2 rings (SSSR count). The minimum atomic E-state index is -0.987. The summed E-state index contributed by atoms with van der Waals surface area (Å²) in [6.07, 6.45) is 0. The van der Waals surface area contributed by atoms with Gasteiger partial charge in [0.25, 0.3) is 10.8 Å². The van der Waals surface area contributed by atoms with Gasteiger partial charge in [0, 0.05) is 29.8 Å². The fourth-order valence-corrected chi connectivity index (χ4v) is 2.57. The van der Waals surface area contributed by atoms with Gasteiger partial charge >= 0.3 is 11.7 Å². The summed E-state index contributed by atoms with van der Waals surface area (Å²) in [5.74, 6) is -0.934. The normalized spacial score (nSPS) is 10.7. The predicted octanol–water partition coefficient (Wildman–Crippen LogP) is 2.01. The fraction of sp³-hybridized carbons (Fsp3) is 0.375. The average molecular weight is 394 g/mol. The lowest BCUT2D eigenvalue weighted by molar-refractivity contribution is -0.736. The summed E-state index contributed by atoms with van der Waals surface area (Å²) in [7, 11) is 1.22. The average Bonchev–Trinajstić information content (AvgIpc) is 3.12. The molecular formula is C16H20N5O5S+. The predicted molar refractivity (Wildman–Crippen MR) is 97.6 cm³/mol. The van der Waals surface area contributed by atoms with Crippen molar-refractivity contribution in [2.24, 2.45) is 5.92 Å². The number of aromatic amines is 1. The van der Waals surface area contributed by atoms with Gasteiger partial charge in [-0.2, -0.15) is 0 Å². The summed E-state index contributed by atoms with van der Waals surface area (Å²) >= 11 is 0.952. The van der Waals surface area contributed by atoms with E-state index in [0.29, 0.717) is 17.9 Å². The van der Waals surface area contributed by atoms with Crippen molar-refractivity contribution in [2.45, 2.75) is 19.0 Å². The van der Waals surface area contributed by atoms with Crippen molar-refractivity contribution >= 4 is 29.3 Å². The van der Waals surface area contributed by atoms with E-state index in [4.69, 9.17) is 5.11 Å². The van der Waals surface area contributed by atoms with Crippen LogP contribution in [0.25, 0.3) is 11.4 Å². The number of aromatic nitrogens is 3. The van der Waals surface area contributed by atoms with Gasteiger partial charge in [-0.15, -0.1) is 5.10 Å². The van der Waals surface area contributed by atoms with E-state index in [9.17, 15) is 14.5 Å². The van der Waals surface area contributed by atoms with Crippen molar-refractivity contribution in [3.63, 3.8) is 0 Å². The molecule has 0 aliphatic carbocycles. The van der Waals surface area contributed by atoms with Crippen LogP contribution in [0.5, 0.6) is 0 Å². The van der Waals surface area contributed by atoms with Gasteiger partial charge in [-0.1, -0.05) is 25.6 Å². The Kier molecular flexibility index (Phi) is 6.88. The maximum atomic E-state index is 12.4. The second kappa shape index (κ2) is 9.12. The van der Waals surface area contributed by atoms with Gasteiger partial charge in [0.2, 0.25) is 5.16 Å². The first-order chi connectivity index (χ1) is 12.8. The molecule has 27 heavy (non-hydrogen) atoms. The van der Waals surface area contributed by atoms with E-state index in [1.54, 1.807) is 6.07 Å². The number of hydrogen-bond acceptors (Lipinski definition) is 7. The number of benzene rings is 1. The highest BCUT2D eigenvalue weighted by Gasteiger charge is 2.21. The summed E-state index contributed by atoms with van der Waals surface area (Å²) in [6.45, 7) is 4.43. The number of nitrogens with zero attached hydrogens (tertiary/aromatic N) is 3. The van der Waals surface area contributed by atoms with Crippen LogP contribution in [-0.4, -0.2) is 56.5 Å². The molecule has 0 fully saturated rings. The standard InChI is InChI=1S/C16H19N5O5S/c1-9(2)7-17-15(24)11-4-10(5-12(6-11)21(25)26-3)14-18-16(20-19-14)27-8-13(22)23/h4-6,9H,7-8H2,1-3H3,(H2-,17,18,19,20,22,23,24)/p+1. The molecule has 10 nitrogen and oxygen atoms in total. The second-order valence-electron chi connectivity index (χ2n) is 5.96. The first-order valence-electron chi connectivity index (χ1n) is 8.02. The molecule has 0 unspecified atom stereocenters. The third-order valence-corrected chi connectivity index (χ3v) is 4.12. The molecule has 0 aliphatic rings. The second-order valence-corrected chi connectivity index (χ2v) is 6.90. The Hall–Kier alpha value is -2.95. The maximum absolute atomic E-state index is 12.4. The number of H-pyrrole nitrogens is 1. The maximum Gasteiger partial charge on any atom is 0.318 e. The number of aliphatic carboxylic acids is 1. The highest BCUT2D eigenvalue weighted by atomic mass is 32.2. The Bertz CT molecular complexity index is 851. The minimum absolute atomic E-state index is 0.112. The number of carbonyl (C=O) groups excluding carboxylic acids is 1. The zero-order valence-electron chi connectivity index (χ0n) is 15.1. The van der Waals surface area contributed by atoms with Crippen LogP contribution in [0, 0.1) is 10.8 Å². The quantitative estimate of drug-likeness (QED) is 0.434. The molecule has 0 bridgehead atoms. The van der Waals surface area contributed by atoms with Gasteiger partial charge in [0.05, 0.1) is 10.7 Å². The van der Waals surface area contributed by atoms with Crippen LogP contribution in [0.15, 0.2) is 23.4 Å². The largest absolute Gasteiger partial charge is 0.481 e. The molecule has 1 amide bonds. The topological polar surface area (TPSA) is 137 Å². The number of carboxylic acid groups (broad SMARTS) is 1. The van der Waals surface area contributed by atoms with Gasteiger partial charge in [-0.05, 0) is 12.0 Å². The molecule has 0 atom stereocenters. The van der Waals surface area contributed by atoms with E-state index in [0.717, 1.165) is 11.8 Å². The van der Waals surface area contributed by atoms with E-state index in [1.807, 2.05) is 13.8 Å². The molecule has 144 valence electrons. The zero-order valence-corrected chi connectivity index (χ0v) is 15.9. The lowest BCUT2D eigenvalue weighted by Gasteiger charge is -2.08. The molecule has 0 radical (unpaired) electrons. The zero-order chi connectivity index (χ0) is 20.0. The van der Waals surface area contributed by atoms with E-state index in [1.165, 1.54) is 19.2 Å². The van der Waals surface area contributed by atoms with Crippen molar-refractivity contribution in [1.29, 1.82) is 0 Å².